The Hall–Kier alpha value is -3.98. The van der Waals surface area contributed by atoms with Gasteiger partial charge in [-0.25, -0.2) is 0 Å². The molecule has 0 aromatic heterocycles. The van der Waals surface area contributed by atoms with Gasteiger partial charge in [-0.15, -0.1) is 0 Å². The fourth-order valence-electron chi connectivity index (χ4n) is 4.76. The maximum absolute atomic E-state index is 3.51. The second-order valence-electron chi connectivity index (χ2n) is 9.75. The Balaban J connectivity index is 1.10. The maximum Gasteiger partial charge on any atom is 0.0175 e. The molecule has 0 N–H and O–H groups in total. The molecule has 0 saturated heterocycles. The molecule has 0 fully saturated rings. The second-order valence-corrected chi connectivity index (χ2v) is 11.6. The van der Waals surface area contributed by atoms with Gasteiger partial charge in [-0.2, -0.15) is 0 Å². The van der Waals surface area contributed by atoms with Crippen LogP contribution in [0.3, 0.4) is 0 Å². The van der Waals surface area contributed by atoms with Gasteiger partial charge in [0, 0.05) is 8.95 Å². The molecular weight excluding hydrogens is 616 g/mol. The summed E-state index contributed by atoms with van der Waals surface area (Å²) in [5, 5.41) is 0. The van der Waals surface area contributed by atoms with Crippen LogP contribution in [0.4, 0.5) is 0 Å². The number of rotatable bonds is 6. The SMILES string of the molecule is Brc1ccc(-c2ccc(-c3ccc(/C=C\c4ccc(-c5ccc(-c6ccc(Br)cc6)cc5)cc4)cc3)cc2)cc1. The topological polar surface area (TPSA) is 0 Å². The molecule has 0 nitrogen and oxygen atoms in total. The summed E-state index contributed by atoms with van der Waals surface area (Å²) in [5.41, 5.74) is 12.1. The van der Waals surface area contributed by atoms with Crippen molar-refractivity contribution in [1.29, 1.82) is 0 Å². The van der Waals surface area contributed by atoms with E-state index >= 15 is 0 Å². The molecule has 0 aliphatic rings. The van der Waals surface area contributed by atoms with E-state index in [1.54, 1.807) is 0 Å². The number of halogens is 2. The highest BCUT2D eigenvalue weighted by molar-refractivity contribution is 9.10. The zero-order valence-electron chi connectivity index (χ0n) is 21.8. The second kappa shape index (κ2) is 12.0. The standard InChI is InChI=1S/C38H26Br2/c39-37-23-19-35(20-24-37)33-15-11-31(12-16-33)29-7-3-27(4-8-29)1-2-28-5-9-30(10-6-28)32-13-17-34(18-14-32)36-21-25-38(40)26-22-36/h1-26H/b2-1-. The van der Waals surface area contributed by atoms with E-state index in [-0.39, 0.29) is 0 Å². The smallest absolute Gasteiger partial charge is 0.0175 e. The zero-order valence-corrected chi connectivity index (χ0v) is 24.9. The molecule has 192 valence electrons. The minimum absolute atomic E-state index is 1.10. The van der Waals surface area contributed by atoms with Crippen LogP contribution in [0, 0.1) is 0 Å². The van der Waals surface area contributed by atoms with Crippen molar-refractivity contribution in [2.75, 3.05) is 0 Å². The van der Waals surface area contributed by atoms with Gasteiger partial charge < -0.3 is 0 Å². The molecule has 0 radical (unpaired) electrons. The maximum atomic E-state index is 3.51. The van der Waals surface area contributed by atoms with E-state index in [0.717, 1.165) is 8.95 Å². The van der Waals surface area contributed by atoms with Crippen molar-refractivity contribution in [3.63, 3.8) is 0 Å². The van der Waals surface area contributed by atoms with E-state index in [9.17, 15) is 0 Å². The Morgan fingerprint density at radius 3 is 0.650 bits per heavy atom. The Morgan fingerprint density at radius 1 is 0.250 bits per heavy atom. The molecule has 0 saturated carbocycles. The fourth-order valence-corrected chi connectivity index (χ4v) is 5.29. The molecule has 0 bridgehead atoms. The monoisotopic (exact) mass is 640 g/mol. The van der Waals surface area contributed by atoms with Crippen molar-refractivity contribution in [2.45, 2.75) is 0 Å². The van der Waals surface area contributed by atoms with Crippen molar-refractivity contribution in [1.82, 2.24) is 0 Å². The normalized spacial score (nSPS) is 11.2. The van der Waals surface area contributed by atoms with E-state index in [1.165, 1.54) is 55.6 Å². The Labute approximate surface area is 252 Å². The largest absolute Gasteiger partial charge is 0.0544 e. The first kappa shape index (κ1) is 26.3. The third kappa shape index (κ3) is 6.25. The van der Waals surface area contributed by atoms with Gasteiger partial charge in [0.05, 0.1) is 0 Å². The van der Waals surface area contributed by atoms with Crippen LogP contribution in [0.1, 0.15) is 11.1 Å². The lowest BCUT2D eigenvalue weighted by Crippen LogP contribution is -1.82. The van der Waals surface area contributed by atoms with Crippen molar-refractivity contribution in [3.05, 3.63) is 166 Å². The summed E-state index contributed by atoms with van der Waals surface area (Å²) in [7, 11) is 0. The number of hydrogen-bond acceptors (Lipinski definition) is 0. The first-order chi connectivity index (χ1) is 19.6. The summed E-state index contributed by atoms with van der Waals surface area (Å²) in [6.45, 7) is 0. The van der Waals surface area contributed by atoms with Crippen molar-refractivity contribution in [2.24, 2.45) is 0 Å². The van der Waals surface area contributed by atoms with E-state index in [2.05, 4.69) is 190 Å². The van der Waals surface area contributed by atoms with Crippen LogP contribution in [0.2, 0.25) is 0 Å². The van der Waals surface area contributed by atoms with Crippen LogP contribution in [0.5, 0.6) is 0 Å². The third-order valence-corrected chi connectivity index (χ3v) is 8.14. The summed E-state index contributed by atoms with van der Waals surface area (Å²) in [6.07, 6.45) is 4.34. The Morgan fingerprint density at radius 2 is 0.425 bits per heavy atom. The number of hydrogen-bond donors (Lipinski definition) is 0. The van der Waals surface area contributed by atoms with Crippen LogP contribution >= 0.6 is 31.9 Å². The van der Waals surface area contributed by atoms with Gasteiger partial charge >= 0.3 is 0 Å². The van der Waals surface area contributed by atoms with Gasteiger partial charge in [0.1, 0.15) is 0 Å². The lowest BCUT2D eigenvalue weighted by atomic mass is 9.99. The molecule has 0 atom stereocenters. The average molecular weight is 642 g/mol. The lowest BCUT2D eigenvalue weighted by Gasteiger charge is -2.06. The molecule has 0 aliphatic heterocycles. The molecule has 40 heavy (non-hydrogen) atoms. The minimum Gasteiger partial charge on any atom is -0.0544 e. The molecule has 0 aliphatic carbocycles. The molecule has 0 amide bonds. The predicted octanol–water partition coefficient (Wildman–Crippen LogP) is 12.0. The molecule has 6 aromatic rings. The van der Waals surface area contributed by atoms with Crippen molar-refractivity contribution in [3.8, 4) is 44.5 Å². The van der Waals surface area contributed by atoms with E-state index in [4.69, 9.17) is 0 Å². The summed E-state index contributed by atoms with van der Waals surface area (Å²) < 4.78 is 2.19. The summed E-state index contributed by atoms with van der Waals surface area (Å²) in [6, 6.07) is 51.8. The predicted molar refractivity (Wildman–Crippen MR) is 179 cm³/mol. The van der Waals surface area contributed by atoms with Crippen LogP contribution < -0.4 is 0 Å². The highest BCUT2D eigenvalue weighted by atomic mass is 79.9. The van der Waals surface area contributed by atoms with Crippen molar-refractivity contribution >= 4 is 44.0 Å². The fraction of sp³-hybridized carbons (Fsp3) is 0. The minimum atomic E-state index is 1.10. The average Bonchev–Trinajstić information content (AvgIpc) is 3.02. The van der Waals surface area contributed by atoms with Gasteiger partial charge in [-0.05, 0) is 79.9 Å². The Kier molecular flexibility index (Phi) is 7.90. The number of benzene rings is 6. The van der Waals surface area contributed by atoms with E-state index in [0.29, 0.717) is 0 Å². The first-order valence-electron chi connectivity index (χ1n) is 13.2. The van der Waals surface area contributed by atoms with E-state index in [1.807, 2.05) is 0 Å². The highest BCUT2D eigenvalue weighted by Crippen LogP contribution is 2.28. The van der Waals surface area contributed by atoms with Crippen LogP contribution in [-0.4, -0.2) is 0 Å². The van der Waals surface area contributed by atoms with Gasteiger partial charge in [-0.1, -0.05) is 165 Å². The zero-order chi connectivity index (χ0) is 27.3. The quantitative estimate of drug-likeness (QED) is 0.159. The van der Waals surface area contributed by atoms with Crippen LogP contribution in [-0.2, 0) is 0 Å². The molecule has 6 rings (SSSR count). The van der Waals surface area contributed by atoms with Crippen molar-refractivity contribution < 1.29 is 0 Å². The van der Waals surface area contributed by atoms with Gasteiger partial charge in [-0.3, -0.25) is 0 Å². The van der Waals surface area contributed by atoms with Crippen LogP contribution in [0.15, 0.2) is 155 Å². The molecule has 0 unspecified atom stereocenters. The molecule has 2 heteroatoms. The lowest BCUT2D eigenvalue weighted by molar-refractivity contribution is 1.57. The molecule has 0 spiro atoms. The summed E-state index contributed by atoms with van der Waals surface area (Å²) >= 11 is 7.01. The van der Waals surface area contributed by atoms with Gasteiger partial charge in [0.25, 0.3) is 0 Å². The summed E-state index contributed by atoms with van der Waals surface area (Å²) in [5.74, 6) is 0. The first-order valence-corrected chi connectivity index (χ1v) is 14.8. The molecular formula is C38H26Br2. The molecule has 6 aromatic carbocycles. The summed E-state index contributed by atoms with van der Waals surface area (Å²) in [4.78, 5) is 0. The van der Waals surface area contributed by atoms with E-state index < -0.39 is 0 Å². The third-order valence-electron chi connectivity index (χ3n) is 7.08. The Bertz CT molecular complexity index is 1590. The highest BCUT2D eigenvalue weighted by Gasteiger charge is 2.03. The van der Waals surface area contributed by atoms with Crippen LogP contribution in [0.25, 0.3) is 56.7 Å². The van der Waals surface area contributed by atoms with Gasteiger partial charge in [0.15, 0.2) is 0 Å². The van der Waals surface area contributed by atoms with Gasteiger partial charge in [0.2, 0.25) is 0 Å². The molecule has 0 heterocycles.